The second-order valence-corrected chi connectivity index (χ2v) is 6.71. The first-order valence-corrected chi connectivity index (χ1v) is 7.53. The van der Waals surface area contributed by atoms with Gasteiger partial charge in [0.15, 0.2) is 5.69 Å². The van der Waals surface area contributed by atoms with Gasteiger partial charge >= 0.3 is 12.1 Å². The lowest BCUT2D eigenvalue weighted by atomic mass is 9.84. The van der Waals surface area contributed by atoms with Crippen LogP contribution < -0.4 is 5.32 Å². The first-order valence-electron chi connectivity index (χ1n) is 7.53. The van der Waals surface area contributed by atoms with Crippen LogP contribution in [0.3, 0.4) is 0 Å². The van der Waals surface area contributed by atoms with E-state index in [0.29, 0.717) is 0 Å². The van der Waals surface area contributed by atoms with E-state index in [1.165, 1.54) is 0 Å². The molecule has 0 aliphatic heterocycles. The Morgan fingerprint density at radius 1 is 1.32 bits per heavy atom. The molecule has 2 rings (SSSR count). The van der Waals surface area contributed by atoms with Crippen LogP contribution in [0.4, 0.5) is 4.79 Å². The summed E-state index contributed by atoms with van der Waals surface area (Å²) >= 11 is 0. The van der Waals surface area contributed by atoms with Crippen molar-refractivity contribution in [3.05, 3.63) is 17.5 Å². The Morgan fingerprint density at radius 2 is 1.95 bits per heavy atom. The van der Waals surface area contributed by atoms with E-state index in [4.69, 9.17) is 9.84 Å². The van der Waals surface area contributed by atoms with Crippen molar-refractivity contribution in [3.8, 4) is 0 Å². The molecule has 1 fully saturated rings. The van der Waals surface area contributed by atoms with Gasteiger partial charge in [-0.2, -0.15) is 5.10 Å². The number of aromatic carboxylic acids is 1. The molecule has 0 unspecified atom stereocenters. The number of nitrogens with zero attached hydrogens (tertiary/aromatic N) is 1. The zero-order valence-electron chi connectivity index (χ0n) is 13.2. The van der Waals surface area contributed by atoms with Crippen molar-refractivity contribution in [2.24, 2.45) is 0 Å². The Bertz CT molecular complexity index is 539. The van der Waals surface area contributed by atoms with Gasteiger partial charge in [0.05, 0.1) is 0 Å². The number of H-pyrrole nitrogens is 1. The molecule has 7 heteroatoms. The average Bonchev–Trinajstić information content (AvgIpc) is 2.87. The summed E-state index contributed by atoms with van der Waals surface area (Å²) in [4.78, 5) is 22.6. The molecule has 0 atom stereocenters. The largest absolute Gasteiger partial charge is 0.476 e. The molecule has 1 aliphatic carbocycles. The van der Waals surface area contributed by atoms with E-state index in [2.05, 4.69) is 15.5 Å². The molecule has 0 aromatic carbocycles. The van der Waals surface area contributed by atoms with Crippen molar-refractivity contribution in [1.29, 1.82) is 0 Å². The van der Waals surface area contributed by atoms with Crippen LogP contribution in [0.2, 0.25) is 0 Å². The molecule has 0 bridgehead atoms. The van der Waals surface area contributed by atoms with Crippen LogP contribution in [0, 0.1) is 0 Å². The molecule has 122 valence electrons. The van der Waals surface area contributed by atoms with E-state index in [1.54, 1.807) is 6.07 Å². The Balaban J connectivity index is 1.82. The first kappa shape index (κ1) is 16.3. The number of aromatic nitrogens is 2. The number of aromatic amines is 1. The molecule has 1 aliphatic rings. The van der Waals surface area contributed by atoms with Crippen molar-refractivity contribution < 1.29 is 19.4 Å². The summed E-state index contributed by atoms with van der Waals surface area (Å²) in [5.41, 5.74) is 0.405. The van der Waals surface area contributed by atoms with Crippen LogP contribution in [-0.2, 0) is 4.74 Å². The third kappa shape index (κ3) is 4.47. The first-order chi connectivity index (χ1) is 10.2. The van der Waals surface area contributed by atoms with Crippen molar-refractivity contribution in [3.63, 3.8) is 0 Å². The summed E-state index contributed by atoms with van der Waals surface area (Å²) in [6, 6.07) is 1.70. The van der Waals surface area contributed by atoms with Crippen LogP contribution in [0.25, 0.3) is 0 Å². The third-order valence-corrected chi connectivity index (χ3v) is 3.70. The van der Waals surface area contributed by atoms with Gasteiger partial charge in [-0.3, -0.25) is 5.10 Å². The summed E-state index contributed by atoms with van der Waals surface area (Å²) in [6.07, 6.45) is 3.05. The van der Waals surface area contributed by atoms with Crippen LogP contribution in [0.15, 0.2) is 6.07 Å². The monoisotopic (exact) mass is 309 g/mol. The lowest BCUT2D eigenvalue weighted by molar-refractivity contribution is 0.0490. The molecule has 0 spiro atoms. The summed E-state index contributed by atoms with van der Waals surface area (Å²) in [7, 11) is 0. The highest BCUT2D eigenvalue weighted by Gasteiger charge is 2.26. The minimum absolute atomic E-state index is 0.0454. The second-order valence-electron chi connectivity index (χ2n) is 6.71. The molecule has 1 aromatic rings. The summed E-state index contributed by atoms with van der Waals surface area (Å²) < 4.78 is 5.25. The van der Waals surface area contributed by atoms with Gasteiger partial charge in [0.25, 0.3) is 0 Å². The zero-order chi connectivity index (χ0) is 16.3. The van der Waals surface area contributed by atoms with Crippen molar-refractivity contribution in [2.45, 2.75) is 64.0 Å². The fourth-order valence-electron chi connectivity index (χ4n) is 2.68. The van der Waals surface area contributed by atoms with E-state index in [-0.39, 0.29) is 23.7 Å². The smallest absolute Gasteiger partial charge is 0.407 e. The molecule has 0 radical (unpaired) electrons. The van der Waals surface area contributed by atoms with Crippen molar-refractivity contribution in [2.75, 3.05) is 0 Å². The number of carbonyl (C=O) groups is 2. The van der Waals surface area contributed by atoms with Crippen LogP contribution >= 0.6 is 0 Å². The number of ether oxygens (including phenoxy) is 1. The minimum atomic E-state index is -1.03. The fourth-order valence-corrected chi connectivity index (χ4v) is 2.68. The Labute approximate surface area is 129 Å². The number of carboxylic acid groups (broad SMARTS) is 1. The van der Waals surface area contributed by atoms with Crippen LogP contribution in [0.1, 0.15) is 68.6 Å². The van der Waals surface area contributed by atoms with Gasteiger partial charge in [0.2, 0.25) is 0 Å². The Hall–Kier alpha value is -2.05. The third-order valence-electron chi connectivity index (χ3n) is 3.70. The molecule has 1 heterocycles. The lowest BCUT2D eigenvalue weighted by Gasteiger charge is -2.29. The predicted molar refractivity (Wildman–Crippen MR) is 79.9 cm³/mol. The van der Waals surface area contributed by atoms with Gasteiger partial charge in [-0.25, -0.2) is 9.59 Å². The summed E-state index contributed by atoms with van der Waals surface area (Å²) in [6.45, 7) is 5.51. The van der Waals surface area contributed by atoms with Gasteiger partial charge in [-0.1, -0.05) is 0 Å². The zero-order valence-corrected chi connectivity index (χ0v) is 13.2. The Morgan fingerprint density at radius 3 is 2.45 bits per heavy atom. The minimum Gasteiger partial charge on any atom is -0.476 e. The molecule has 1 aromatic heterocycles. The topological polar surface area (TPSA) is 104 Å². The highest BCUT2D eigenvalue weighted by Crippen LogP contribution is 2.32. The molecule has 1 saturated carbocycles. The highest BCUT2D eigenvalue weighted by atomic mass is 16.6. The molecular formula is C15H23N3O4. The molecule has 3 N–H and O–H groups in total. The van der Waals surface area contributed by atoms with Gasteiger partial charge in [-0.05, 0) is 52.5 Å². The molecule has 0 saturated heterocycles. The Kier molecular flexibility index (Phi) is 4.73. The predicted octanol–water partition coefficient (Wildman–Crippen LogP) is 2.66. The van der Waals surface area contributed by atoms with E-state index in [1.807, 2.05) is 20.8 Å². The van der Waals surface area contributed by atoms with Crippen molar-refractivity contribution >= 4 is 12.1 Å². The van der Waals surface area contributed by atoms with Gasteiger partial charge < -0.3 is 15.2 Å². The van der Waals surface area contributed by atoms with Gasteiger partial charge in [0.1, 0.15) is 5.60 Å². The maximum absolute atomic E-state index is 11.7. The average molecular weight is 309 g/mol. The second kappa shape index (κ2) is 6.37. The van der Waals surface area contributed by atoms with Gasteiger partial charge in [0, 0.05) is 17.7 Å². The maximum Gasteiger partial charge on any atom is 0.407 e. The standard InChI is InChI=1S/C15H23N3O4/c1-15(2,3)22-14(21)16-10-6-4-9(5-7-10)11-8-12(13(19)20)18-17-11/h8-10H,4-7H2,1-3H3,(H,16,21)(H,17,18)(H,19,20). The number of rotatable bonds is 3. The number of hydrogen-bond acceptors (Lipinski definition) is 4. The number of amides is 1. The fraction of sp³-hybridized carbons (Fsp3) is 0.667. The molecular weight excluding hydrogens is 286 g/mol. The normalized spacial score (nSPS) is 22.1. The van der Waals surface area contributed by atoms with Gasteiger partial charge in [-0.15, -0.1) is 0 Å². The van der Waals surface area contributed by atoms with E-state index in [0.717, 1.165) is 31.4 Å². The quantitative estimate of drug-likeness (QED) is 0.796. The van der Waals surface area contributed by atoms with E-state index >= 15 is 0 Å². The molecule has 22 heavy (non-hydrogen) atoms. The summed E-state index contributed by atoms with van der Waals surface area (Å²) in [5, 5.41) is 18.4. The van der Waals surface area contributed by atoms with Crippen molar-refractivity contribution in [1.82, 2.24) is 15.5 Å². The molecule has 1 amide bonds. The lowest BCUT2D eigenvalue weighted by Crippen LogP contribution is -2.40. The van der Waals surface area contributed by atoms with E-state index in [9.17, 15) is 9.59 Å². The SMILES string of the molecule is CC(C)(C)OC(=O)NC1CCC(c2cc(C(=O)O)n[nH]2)CC1. The van der Waals surface area contributed by atoms with Crippen LogP contribution in [0.5, 0.6) is 0 Å². The van der Waals surface area contributed by atoms with Crippen LogP contribution in [-0.4, -0.2) is 39.0 Å². The number of alkyl carbamates (subject to hydrolysis) is 1. The summed E-state index contributed by atoms with van der Waals surface area (Å²) in [5.74, 6) is -0.764. The number of hydrogen-bond donors (Lipinski definition) is 3. The number of nitrogens with one attached hydrogen (secondary N) is 2. The number of carboxylic acids is 1. The number of carbonyl (C=O) groups excluding carboxylic acids is 1. The molecule has 7 nitrogen and oxygen atoms in total. The highest BCUT2D eigenvalue weighted by molar-refractivity contribution is 5.85. The van der Waals surface area contributed by atoms with E-state index < -0.39 is 11.6 Å². The maximum atomic E-state index is 11.7.